The second kappa shape index (κ2) is 6.42. The van der Waals surface area contributed by atoms with Crippen LogP contribution >= 0.6 is 0 Å². The van der Waals surface area contributed by atoms with Gasteiger partial charge in [0, 0.05) is 17.0 Å². The molecule has 1 heterocycles. The number of carbonyl (C=O) groups is 1. The smallest absolute Gasteiger partial charge is 0.351 e. The monoisotopic (exact) mass is 322 g/mol. The molecule has 1 N–H and O–H groups in total. The van der Waals surface area contributed by atoms with Crippen molar-refractivity contribution >= 4 is 29.1 Å². The molecule has 0 radical (unpaired) electrons. The van der Waals surface area contributed by atoms with Crippen LogP contribution in [0.4, 0.5) is 0 Å². The number of rotatable bonds is 4. The lowest BCUT2D eigenvalue weighted by atomic mass is 10.1. The average molecular weight is 322 g/mol. The van der Waals surface area contributed by atoms with Crippen molar-refractivity contribution in [3.05, 3.63) is 75.6 Å². The van der Waals surface area contributed by atoms with Crippen molar-refractivity contribution in [2.24, 2.45) is 0 Å². The van der Waals surface area contributed by atoms with Crippen molar-refractivity contribution < 1.29 is 19.1 Å². The van der Waals surface area contributed by atoms with Gasteiger partial charge in [0.2, 0.25) is 0 Å². The van der Waals surface area contributed by atoms with Crippen LogP contribution in [0.5, 0.6) is 5.75 Å². The lowest BCUT2D eigenvalue weighted by molar-refractivity contribution is 0.0692. The number of carboxylic acid groups (broad SMARTS) is 1. The van der Waals surface area contributed by atoms with Gasteiger partial charge >= 0.3 is 11.6 Å². The first kappa shape index (κ1) is 15.6. The Morgan fingerprint density at radius 2 is 1.88 bits per heavy atom. The Morgan fingerprint density at radius 1 is 1.12 bits per heavy atom. The van der Waals surface area contributed by atoms with Gasteiger partial charge in [-0.1, -0.05) is 42.5 Å². The number of carboxylic acids is 1. The number of hydrogen-bond donors (Lipinski definition) is 1. The van der Waals surface area contributed by atoms with Crippen LogP contribution in [0.15, 0.2) is 57.7 Å². The van der Waals surface area contributed by atoms with E-state index in [1.807, 2.05) is 42.5 Å². The summed E-state index contributed by atoms with van der Waals surface area (Å²) in [4.78, 5) is 22.8. The second-order valence-electron chi connectivity index (χ2n) is 5.13. The van der Waals surface area contributed by atoms with Crippen LogP contribution in [0.25, 0.3) is 23.1 Å². The lowest BCUT2D eigenvalue weighted by Gasteiger charge is -2.07. The minimum absolute atomic E-state index is 0.277. The Bertz CT molecular complexity index is 984. The summed E-state index contributed by atoms with van der Waals surface area (Å²) >= 11 is 0. The molecule has 0 amide bonds. The van der Waals surface area contributed by atoms with Crippen LogP contribution in [-0.4, -0.2) is 18.2 Å². The van der Waals surface area contributed by atoms with E-state index in [2.05, 4.69) is 0 Å². The zero-order valence-corrected chi connectivity index (χ0v) is 12.9. The minimum atomic E-state index is -1.32. The summed E-state index contributed by atoms with van der Waals surface area (Å²) in [5.74, 6) is -0.788. The first-order chi connectivity index (χ1) is 11.6. The van der Waals surface area contributed by atoms with Gasteiger partial charge in [-0.25, -0.2) is 9.59 Å². The molecule has 2 aromatic carbocycles. The maximum Gasteiger partial charge on any atom is 0.351 e. The van der Waals surface area contributed by atoms with Gasteiger partial charge in [0.1, 0.15) is 16.9 Å². The summed E-state index contributed by atoms with van der Waals surface area (Å²) in [6.45, 7) is 0. The minimum Gasteiger partial charge on any atom is -0.496 e. The molecule has 0 aliphatic rings. The fraction of sp³-hybridized carbons (Fsp3) is 0.0526. The summed E-state index contributed by atoms with van der Waals surface area (Å²) < 4.78 is 10.4. The summed E-state index contributed by atoms with van der Waals surface area (Å²) in [5, 5.41) is 9.56. The van der Waals surface area contributed by atoms with Gasteiger partial charge in [-0.05, 0) is 17.7 Å². The molecule has 0 bridgehead atoms. The SMILES string of the molecule is COc1cc2oc(=O)c(C(=O)O)cc2cc1/C=C/c1ccccc1. The quantitative estimate of drug-likeness (QED) is 0.586. The van der Waals surface area contributed by atoms with E-state index in [9.17, 15) is 9.59 Å². The molecule has 0 unspecified atom stereocenters. The lowest BCUT2D eigenvalue weighted by Crippen LogP contribution is -2.12. The topological polar surface area (TPSA) is 76.7 Å². The predicted octanol–water partition coefficient (Wildman–Crippen LogP) is 3.67. The first-order valence-corrected chi connectivity index (χ1v) is 7.21. The van der Waals surface area contributed by atoms with Crippen LogP contribution in [-0.2, 0) is 0 Å². The number of benzene rings is 2. The Balaban J connectivity index is 2.13. The van der Waals surface area contributed by atoms with Crippen LogP contribution in [0.3, 0.4) is 0 Å². The molecule has 0 atom stereocenters. The molecular weight excluding hydrogens is 308 g/mol. The molecule has 3 aromatic rings. The number of fused-ring (bicyclic) bond motifs is 1. The zero-order valence-electron chi connectivity index (χ0n) is 12.9. The van der Waals surface area contributed by atoms with Crippen molar-refractivity contribution in [1.82, 2.24) is 0 Å². The summed E-state index contributed by atoms with van der Waals surface area (Å²) in [6.07, 6.45) is 3.78. The Kier molecular flexibility index (Phi) is 4.16. The second-order valence-corrected chi connectivity index (χ2v) is 5.13. The van der Waals surface area contributed by atoms with Crippen LogP contribution in [0.2, 0.25) is 0 Å². The third-order valence-corrected chi connectivity index (χ3v) is 3.57. The molecule has 120 valence electrons. The van der Waals surface area contributed by atoms with Crippen LogP contribution in [0.1, 0.15) is 21.5 Å². The van der Waals surface area contributed by atoms with E-state index in [1.165, 1.54) is 13.2 Å². The zero-order chi connectivity index (χ0) is 17.1. The third kappa shape index (κ3) is 3.05. The summed E-state index contributed by atoms with van der Waals surface area (Å²) in [5.41, 5.74) is 0.763. The Hall–Kier alpha value is -3.34. The van der Waals surface area contributed by atoms with Crippen molar-refractivity contribution in [3.63, 3.8) is 0 Å². The Labute approximate surface area is 137 Å². The maximum absolute atomic E-state index is 11.7. The van der Waals surface area contributed by atoms with Crippen molar-refractivity contribution in [3.8, 4) is 5.75 Å². The maximum atomic E-state index is 11.7. The summed E-state index contributed by atoms with van der Waals surface area (Å²) in [7, 11) is 1.52. The first-order valence-electron chi connectivity index (χ1n) is 7.21. The number of hydrogen-bond acceptors (Lipinski definition) is 4. The molecule has 0 aliphatic heterocycles. The third-order valence-electron chi connectivity index (χ3n) is 3.57. The molecule has 24 heavy (non-hydrogen) atoms. The molecule has 1 aromatic heterocycles. The number of aromatic carboxylic acids is 1. The molecule has 0 aliphatic carbocycles. The van der Waals surface area contributed by atoms with E-state index >= 15 is 0 Å². The van der Waals surface area contributed by atoms with Crippen molar-refractivity contribution in [2.75, 3.05) is 7.11 Å². The van der Waals surface area contributed by atoms with Gasteiger partial charge in [-0.15, -0.1) is 0 Å². The molecule has 5 nitrogen and oxygen atoms in total. The fourth-order valence-corrected chi connectivity index (χ4v) is 2.37. The highest BCUT2D eigenvalue weighted by molar-refractivity contribution is 5.93. The van der Waals surface area contributed by atoms with E-state index in [4.69, 9.17) is 14.3 Å². The molecule has 3 rings (SSSR count). The fourth-order valence-electron chi connectivity index (χ4n) is 2.37. The normalized spacial score (nSPS) is 11.0. The highest BCUT2D eigenvalue weighted by Crippen LogP contribution is 2.27. The van der Waals surface area contributed by atoms with E-state index in [1.54, 1.807) is 12.1 Å². The van der Waals surface area contributed by atoms with Gasteiger partial charge in [-0.3, -0.25) is 0 Å². The highest BCUT2D eigenvalue weighted by atomic mass is 16.5. The molecular formula is C19H14O5. The predicted molar refractivity (Wildman–Crippen MR) is 91.4 cm³/mol. The highest BCUT2D eigenvalue weighted by Gasteiger charge is 2.13. The standard InChI is InChI=1S/C19H14O5/c1-23-16-11-17-14(10-15(18(20)21)19(22)24-17)9-13(16)8-7-12-5-3-2-4-6-12/h2-11H,1H3,(H,20,21)/b8-7+. The van der Waals surface area contributed by atoms with Crippen LogP contribution < -0.4 is 10.4 Å². The molecule has 0 spiro atoms. The van der Waals surface area contributed by atoms with E-state index < -0.39 is 17.2 Å². The molecule has 5 heteroatoms. The summed E-state index contributed by atoms with van der Waals surface area (Å²) in [6, 6.07) is 14.3. The van der Waals surface area contributed by atoms with Gasteiger partial charge in [0.15, 0.2) is 0 Å². The van der Waals surface area contributed by atoms with Crippen molar-refractivity contribution in [2.45, 2.75) is 0 Å². The largest absolute Gasteiger partial charge is 0.496 e. The molecule has 0 saturated carbocycles. The van der Waals surface area contributed by atoms with Gasteiger partial charge in [0.25, 0.3) is 0 Å². The van der Waals surface area contributed by atoms with Crippen molar-refractivity contribution in [1.29, 1.82) is 0 Å². The van der Waals surface area contributed by atoms with Crippen LogP contribution in [0, 0.1) is 0 Å². The van der Waals surface area contributed by atoms with Gasteiger partial charge in [0.05, 0.1) is 7.11 Å². The van der Waals surface area contributed by atoms with Gasteiger partial charge in [-0.2, -0.15) is 0 Å². The average Bonchev–Trinajstić information content (AvgIpc) is 2.59. The van der Waals surface area contributed by atoms with E-state index in [-0.39, 0.29) is 5.58 Å². The number of ether oxygens (including phenoxy) is 1. The molecule has 0 saturated heterocycles. The van der Waals surface area contributed by atoms with E-state index in [0.29, 0.717) is 11.1 Å². The van der Waals surface area contributed by atoms with Gasteiger partial charge < -0.3 is 14.3 Å². The molecule has 0 fully saturated rings. The number of methoxy groups -OCH3 is 1. The van der Waals surface area contributed by atoms with E-state index in [0.717, 1.165) is 11.1 Å². The Morgan fingerprint density at radius 3 is 2.54 bits per heavy atom.